The second-order valence-electron chi connectivity index (χ2n) is 6.18. The Hall–Kier alpha value is -2.75. The molecule has 0 saturated heterocycles. The number of hydrogen-bond acceptors (Lipinski definition) is 3. The molecule has 0 amide bonds. The number of aromatic hydroxyl groups is 1. The summed E-state index contributed by atoms with van der Waals surface area (Å²) in [5.41, 5.74) is 5.20. The Labute approximate surface area is 147 Å². The molecule has 3 aromatic rings. The van der Waals surface area contributed by atoms with Gasteiger partial charge in [0.1, 0.15) is 5.75 Å². The van der Waals surface area contributed by atoms with E-state index in [9.17, 15) is 9.90 Å². The number of hydrogen-bond donors (Lipinski definition) is 1. The lowest BCUT2D eigenvalue weighted by Crippen LogP contribution is -2.06. The van der Waals surface area contributed by atoms with Gasteiger partial charge in [0.2, 0.25) is 0 Å². The van der Waals surface area contributed by atoms with Crippen LogP contribution in [0.25, 0.3) is 22.0 Å². The summed E-state index contributed by atoms with van der Waals surface area (Å²) in [5, 5.41) is 11.3. The summed E-state index contributed by atoms with van der Waals surface area (Å²) in [7, 11) is 1.92. The number of nitrogens with zero attached hydrogens (tertiary/aromatic N) is 1. The molecule has 0 aliphatic heterocycles. The minimum Gasteiger partial charge on any atom is -0.507 e. The van der Waals surface area contributed by atoms with E-state index in [1.54, 1.807) is 13.0 Å². The maximum atomic E-state index is 12.3. The van der Waals surface area contributed by atoms with Crippen LogP contribution in [0.1, 0.15) is 35.5 Å². The Kier molecular flexibility index (Phi) is 4.53. The van der Waals surface area contributed by atoms with E-state index >= 15 is 0 Å². The van der Waals surface area contributed by atoms with Crippen LogP contribution in [-0.4, -0.2) is 22.2 Å². The maximum Gasteiger partial charge on any atom is 0.340 e. The van der Waals surface area contributed by atoms with Crippen LogP contribution in [0.15, 0.2) is 36.4 Å². The van der Waals surface area contributed by atoms with Crippen molar-refractivity contribution in [3.8, 4) is 16.9 Å². The number of aryl methyl sites for hydroxylation is 2. The first-order valence-electron chi connectivity index (χ1n) is 8.56. The number of aromatic nitrogens is 1. The third kappa shape index (κ3) is 2.88. The van der Waals surface area contributed by atoms with Gasteiger partial charge in [-0.2, -0.15) is 0 Å². The van der Waals surface area contributed by atoms with Crippen LogP contribution in [0.5, 0.6) is 5.75 Å². The quantitative estimate of drug-likeness (QED) is 0.708. The molecule has 0 aliphatic carbocycles. The standard InChI is InChI=1S/C21H23NO3/c1-5-14-7-9-15(10-8-14)16-11-18-17(12-19(16)23)20(13(3)22(18)4)21(24)25-6-2/h7-12,23H,5-6H2,1-4H3. The van der Waals surface area contributed by atoms with Crippen molar-refractivity contribution in [2.75, 3.05) is 6.61 Å². The zero-order chi connectivity index (χ0) is 18.1. The van der Waals surface area contributed by atoms with E-state index in [2.05, 4.69) is 19.1 Å². The summed E-state index contributed by atoms with van der Waals surface area (Å²) in [6, 6.07) is 11.8. The van der Waals surface area contributed by atoms with E-state index in [0.717, 1.165) is 28.8 Å². The molecule has 0 spiro atoms. The van der Waals surface area contributed by atoms with Crippen molar-refractivity contribution < 1.29 is 14.6 Å². The number of benzene rings is 2. The fourth-order valence-electron chi connectivity index (χ4n) is 3.21. The summed E-state index contributed by atoms with van der Waals surface area (Å²) < 4.78 is 7.14. The van der Waals surface area contributed by atoms with E-state index in [0.29, 0.717) is 17.6 Å². The summed E-state index contributed by atoms with van der Waals surface area (Å²) in [6.45, 7) is 6.11. The average Bonchev–Trinajstić information content (AvgIpc) is 2.85. The largest absolute Gasteiger partial charge is 0.507 e. The molecule has 4 nitrogen and oxygen atoms in total. The molecular weight excluding hydrogens is 314 g/mol. The van der Waals surface area contributed by atoms with Crippen LogP contribution in [0.2, 0.25) is 0 Å². The number of phenolic OH excluding ortho intramolecular Hbond substituents is 1. The minimum atomic E-state index is -0.356. The number of carbonyl (C=O) groups excluding carboxylic acids is 1. The first-order valence-corrected chi connectivity index (χ1v) is 8.56. The number of rotatable bonds is 4. The van der Waals surface area contributed by atoms with E-state index in [1.165, 1.54) is 5.56 Å². The predicted molar refractivity (Wildman–Crippen MR) is 100 cm³/mol. The third-order valence-corrected chi connectivity index (χ3v) is 4.76. The van der Waals surface area contributed by atoms with Gasteiger partial charge in [0.05, 0.1) is 12.2 Å². The predicted octanol–water partition coefficient (Wildman–Crippen LogP) is 4.60. The van der Waals surface area contributed by atoms with Crippen molar-refractivity contribution in [1.29, 1.82) is 0 Å². The molecule has 1 N–H and O–H groups in total. The van der Waals surface area contributed by atoms with E-state index in [-0.39, 0.29) is 11.7 Å². The van der Waals surface area contributed by atoms with Gasteiger partial charge < -0.3 is 14.4 Å². The van der Waals surface area contributed by atoms with Crippen molar-refractivity contribution in [3.63, 3.8) is 0 Å². The minimum absolute atomic E-state index is 0.160. The van der Waals surface area contributed by atoms with Crippen molar-refractivity contribution in [2.45, 2.75) is 27.2 Å². The van der Waals surface area contributed by atoms with Crippen molar-refractivity contribution >= 4 is 16.9 Å². The topological polar surface area (TPSA) is 51.5 Å². The highest BCUT2D eigenvalue weighted by Gasteiger charge is 2.21. The molecule has 1 aromatic heterocycles. The Bertz CT molecular complexity index is 936. The summed E-state index contributed by atoms with van der Waals surface area (Å²) in [4.78, 5) is 12.3. The van der Waals surface area contributed by atoms with Crippen LogP contribution < -0.4 is 0 Å². The van der Waals surface area contributed by atoms with Crippen LogP contribution in [0.3, 0.4) is 0 Å². The Balaban J connectivity index is 2.19. The molecule has 0 saturated carbocycles. The Morgan fingerprint density at radius 3 is 2.44 bits per heavy atom. The first-order chi connectivity index (χ1) is 12.0. The monoisotopic (exact) mass is 337 g/mol. The molecular formula is C21H23NO3. The molecule has 3 rings (SSSR count). The Morgan fingerprint density at radius 2 is 1.84 bits per heavy atom. The fraction of sp³-hybridized carbons (Fsp3) is 0.286. The second-order valence-corrected chi connectivity index (χ2v) is 6.18. The number of phenols is 1. The molecule has 2 aromatic carbocycles. The first kappa shape index (κ1) is 17.1. The molecule has 130 valence electrons. The van der Waals surface area contributed by atoms with Crippen LogP contribution >= 0.6 is 0 Å². The Morgan fingerprint density at radius 1 is 1.16 bits per heavy atom. The van der Waals surface area contributed by atoms with Gasteiger partial charge in [-0.1, -0.05) is 31.2 Å². The second kappa shape index (κ2) is 6.63. The van der Waals surface area contributed by atoms with Crippen LogP contribution in [0.4, 0.5) is 0 Å². The van der Waals surface area contributed by atoms with Gasteiger partial charge in [-0.05, 0) is 43.5 Å². The lowest BCUT2D eigenvalue weighted by Gasteiger charge is -2.08. The highest BCUT2D eigenvalue weighted by Crippen LogP contribution is 2.36. The summed E-state index contributed by atoms with van der Waals surface area (Å²) in [6.07, 6.45) is 0.977. The number of fused-ring (bicyclic) bond motifs is 1. The SMILES string of the molecule is CCOC(=O)c1c(C)n(C)c2cc(-c3ccc(CC)cc3)c(O)cc12. The average molecular weight is 337 g/mol. The fourth-order valence-corrected chi connectivity index (χ4v) is 3.21. The normalized spacial score (nSPS) is 11.0. The van der Waals surface area contributed by atoms with E-state index < -0.39 is 0 Å². The third-order valence-electron chi connectivity index (χ3n) is 4.76. The molecule has 0 aliphatic rings. The van der Waals surface area contributed by atoms with Gasteiger partial charge >= 0.3 is 5.97 Å². The molecule has 0 radical (unpaired) electrons. The van der Waals surface area contributed by atoms with Crippen molar-refractivity contribution in [1.82, 2.24) is 4.57 Å². The number of carbonyl (C=O) groups is 1. The van der Waals surface area contributed by atoms with Gasteiger partial charge in [0, 0.05) is 29.2 Å². The molecule has 0 atom stereocenters. The zero-order valence-corrected chi connectivity index (χ0v) is 15.1. The summed E-state index contributed by atoms with van der Waals surface area (Å²) in [5.74, 6) is -0.196. The molecule has 4 heteroatoms. The van der Waals surface area contributed by atoms with Gasteiger partial charge in [-0.15, -0.1) is 0 Å². The van der Waals surface area contributed by atoms with E-state index in [4.69, 9.17) is 4.74 Å². The molecule has 1 heterocycles. The van der Waals surface area contributed by atoms with Gasteiger partial charge in [-0.25, -0.2) is 4.79 Å². The van der Waals surface area contributed by atoms with Crippen LogP contribution in [0, 0.1) is 6.92 Å². The lowest BCUT2D eigenvalue weighted by atomic mass is 10.00. The lowest BCUT2D eigenvalue weighted by molar-refractivity contribution is 0.0527. The molecule has 0 bridgehead atoms. The van der Waals surface area contributed by atoms with Gasteiger partial charge in [0.25, 0.3) is 0 Å². The number of ether oxygens (including phenoxy) is 1. The highest BCUT2D eigenvalue weighted by molar-refractivity contribution is 6.07. The van der Waals surface area contributed by atoms with Gasteiger partial charge in [-0.3, -0.25) is 0 Å². The molecule has 0 unspecified atom stereocenters. The van der Waals surface area contributed by atoms with Gasteiger partial charge in [0.15, 0.2) is 0 Å². The van der Waals surface area contributed by atoms with Crippen molar-refractivity contribution in [2.24, 2.45) is 7.05 Å². The van der Waals surface area contributed by atoms with Crippen LogP contribution in [-0.2, 0) is 18.2 Å². The van der Waals surface area contributed by atoms with E-state index in [1.807, 2.05) is 36.7 Å². The van der Waals surface area contributed by atoms with Crippen molar-refractivity contribution in [3.05, 3.63) is 53.2 Å². The zero-order valence-electron chi connectivity index (χ0n) is 15.1. The number of esters is 1. The highest BCUT2D eigenvalue weighted by atomic mass is 16.5. The molecule has 0 fully saturated rings. The summed E-state index contributed by atoms with van der Waals surface area (Å²) >= 11 is 0. The molecule has 25 heavy (non-hydrogen) atoms. The smallest absolute Gasteiger partial charge is 0.340 e. The maximum absolute atomic E-state index is 12.3.